The van der Waals surface area contributed by atoms with Gasteiger partial charge in [0, 0.05) is 10.7 Å². The molecule has 0 saturated carbocycles. The lowest BCUT2D eigenvalue weighted by Crippen LogP contribution is -2.27. The van der Waals surface area contributed by atoms with Gasteiger partial charge in [0.15, 0.2) is 12.4 Å². The number of para-hydroxylation sites is 1. The maximum Gasteiger partial charge on any atom is 0.362 e. The van der Waals surface area contributed by atoms with Crippen molar-refractivity contribution in [3.63, 3.8) is 0 Å². The average Bonchev–Trinajstić information content (AvgIpc) is 2.74. The van der Waals surface area contributed by atoms with E-state index >= 15 is 0 Å². The molecule has 3 aromatic rings. The van der Waals surface area contributed by atoms with Gasteiger partial charge in [-0.2, -0.15) is 9.78 Å². The van der Waals surface area contributed by atoms with Crippen molar-refractivity contribution in [1.29, 1.82) is 0 Å². The highest BCUT2D eigenvalue weighted by Crippen LogP contribution is 2.17. The zero-order chi connectivity index (χ0) is 21.5. The SMILES string of the molecule is CCOC(=O)c1nn(-c2ccccc2)c(=O)cc1OCC(=O)Nc1ccc(Cl)cc1. The quantitative estimate of drug-likeness (QED) is 0.582. The summed E-state index contributed by atoms with van der Waals surface area (Å²) in [6.45, 7) is 1.32. The number of aromatic nitrogens is 2. The normalized spacial score (nSPS) is 10.3. The van der Waals surface area contributed by atoms with Crippen LogP contribution in [0.1, 0.15) is 17.4 Å². The predicted molar refractivity (Wildman–Crippen MR) is 111 cm³/mol. The molecular formula is C21H18ClN3O5. The maximum absolute atomic E-state index is 12.5. The topological polar surface area (TPSA) is 99.5 Å². The Kier molecular flexibility index (Phi) is 6.82. The van der Waals surface area contributed by atoms with Gasteiger partial charge in [0.1, 0.15) is 0 Å². The van der Waals surface area contributed by atoms with Crippen LogP contribution in [0.2, 0.25) is 5.02 Å². The van der Waals surface area contributed by atoms with Gasteiger partial charge in [-0.1, -0.05) is 29.8 Å². The standard InChI is InChI=1S/C21H18ClN3O5/c1-2-29-21(28)20-17(12-19(27)25(24-20)16-6-4-3-5-7-16)30-13-18(26)23-15-10-8-14(22)9-11-15/h3-12H,2,13H2,1H3,(H,23,26). The molecule has 3 rings (SSSR count). The van der Waals surface area contributed by atoms with Gasteiger partial charge in [0.25, 0.3) is 11.5 Å². The van der Waals surface area contributed by atoms with Crippen LogP contribution in [-0.2, 0) is 9.53 Å². The molecule has 0 spiro atoms. The van der Waals surface area contributed by atoms with Crippen LogP contribution in [0.25, 0.3) is 5.69 Å². The first-order valence-electron chi connectivity index (χ1n) is 9.03. The highest BCUT2D eigenvalue weighted by Gasteiger charge is 2.20. The number of carbonyl (C=O) groups is 2. The molecule has 0 radical (unpaired) electrons. The molecule has 30 heavy (non-hydrogen) atoms. The van der Waals surface area contributed by atoms with E-state index in [0.717, 1.165) is 10.7 Å². The van der Waals surface area contributed by atoms with E-state index in [4.69, 9.17) is 21.1 Å². The largest absolute Gasteiger partial charge is 0.481 e. The Morgan fingerprint density at radius 1 is 1.10 bits per heavy atom. The summed E-state index contributed by atoms with van der Waals surface area (Å²) < 4.78 is 11.5. The van der Waals surface area contributed by atoms with Crippen molar-refractivity contribution < 1.29 is 19.1 Å². The van der Waals surface area contributed by atoms with Crippen LogP contribution >= 0.6 is 11.6 Å². The Labute approximate surface area is 177 Å². The fourth-order valence-corrected chi connectivity index (χ4v) is 2.64. The van der Waals surface area contributed by atoms with Gasteiger partial charge in [-0.3, -0.25) is 9.59 Å². The van der Waals surface area contributed by atoms with Crippen LogP contribution in [-0.4, -0.2) is 34.9 Å². The highest BCUT2D eigenvalue weighted by atomic mass is 35.5. The minimum Gasteiger partial charge on any atom is -0.481 e. The van der Waals surface area contributed by atoms with Gasteiger partial charge in [-0.25, -0.2) is 4.79 Å². The third-order valence-electron chi connectivity index (χ3n) is 3.85. The summed E-state index contributed by atoms with van der Waals surface area (Å²) in [6, 6.07) is 16.2. The number of esters is 1. The van der Waals surface area contributed by atoms with E-state index in [1.165, 1.54) is 0 Å². The average molecular weight is 428 g/mol. The minimum absolute atomic E-state index is 0.113. The van der Waals surface area contributed by atoms with Crippen LogP contribution in [0.15, 0.2) is 65.5 Å². The molecule has 0 aliphatic heterocycles. The third kappa shape index (κ3) is 5.24. The number of hydrogen-bond donors (Lipinski definition) is 1. The molecule has 0 unspecified atom stereocenters. The lowest BCUT2D eigenvalue weighted by molar-refractivity contribution is -0.118. The van der Waals surface area contributed by atoms with Crippen molar-refractivity contribution in [2.45, 2.75) is 6.92 Å². The number of nitrogens with zero attached hydrogens (tertiary/aromatic N) is 2. The molecule has 0 aliphatic rings. The van der Waals surface area contributed by atoms with E-state index in [-0.39, 0.29) is 18.1 Å². The number of nitrogens with one attached hydrogen (secondary N) is 1. The van der Waals surface area contributed by atoms with Crippen LogP contribution in [0.4, 0.5) is 5.69 Å². The lowest BCUT2D eigenvalue weighted by atomic mass is 10.3. The summed E-state index contributed by atoms with van der Waals surface area (Å²) in [6.07, 6.45) is 0. The van der Waals surface area contributed by atoms with Gasteiger partial charge < -0.3 is 14.8 Å². The second kappa shape index (κ2) is 9.71. The molecule has 0 fully saturated rings. The molecule has 0 saturated heterocycles. The van der Waals surface area contributed by atoms with E-state index in [1.807, 2.05) is 0 Å². The summed E-state index contributed by atoms with van der Waals surface area (Å²) in [4.78, 5) is 37.0. The summed E-state index contributed by atoms with van der Waals surface area (Å²) in [5, 5.41) is 7.25. The number of amides is 1. The molecule has 2 aromatic carbocycles. The van der Waals surface area contributed by atoms with Crippen molar-refractivity contribution in [3.05, 3.63) is 81.7 Å². The Hall–Kier alpha value is -3.65. The molecule has 0 atom stereocenters. The number of halogens is 1. The summed E-state index contributed by atoms with van der Waals surface area (Å²) in [7, 11) is 0. The van der Waals surface area contributed by atoms with E-state index in [2.05, 4.69) is 10.4 Å². The number of hydrogen-bond acceptors (Lipinski definition) is 6. The van der Waals surface area contributed by atoms with Crippen molar-refractivity contribution in [1.82, 2.24) is 9.78 Å². The van der Waals surface area contributed by atoms with Crippen molar-refractivity contribution in [2.75, 3.05) is 18.5 Å². The number of ether oxygens (including phenoxy) is 2. The van der Waals surface area contributed by atoms with Crippen LogP contribution in [0.5, 0.6) is 5.75 Å². The molecular weight excluding hydrogens is 410 g/mol. The first kappa shape index (κ1) is 21.1. The maximum atomic E-state index is 12.5. The fraction of sp³-hybridized carbons (Fsp3) is 0.143. The summed E-state index contributed by atoms with van der Waals surface area (Å²) in [5.41, 5.74) is 0.262. The number of carbonyl (C=O) groups excluding carboxylic acids is 2. The number of anilines is 1. The second-order valence-corrected chi connectivity index (χ2v) is 6.44. The Morgan fingerprint density at radius 2 is 1.80 bits per heavy atom. The number of benzene rings is 2. The zero-order valence-electron chi connectivity index (χ0n) is 16.0. The molecule has 1 heterocycles. The van der Waals surface area contributed by atoms with E-state index in [1.54, 1.807) is 61.5 Å². The monoisotopic (exact) mass is 427 g/mol. The van der Waals surface area contributed by atoms with E-state index in [9.17, 15) is 14.4 Å². The Balaban J connectivity index is 1.83. The van der Waals surface area contributed by atoms with Crippen LogP contribution < -0.4 is 15.6 Å². The lowest BCUT2D eigenvalue weighted by Gasteiger charge is -2.12. The minimum atomic E-state index is -0.768. The van der Waals surface area contributed by atoms with Gasteiger partial charge in [-0.05, 0) is 43.3 Å². The van der Waals surface area contributed by atoms with Crippen LogP contribution in [0.3, 0.4) is 0 Å². The molecule has 9 heteroatoms. The molecule has 8 nitrogen and oxygen atoms in total. The Morgan fingerprint density at radius 3 is 2.47 bits per heavy atom. The van der Waals surface area contributed by atoms with Gasteiger partial charge in [-0.15, -0.1) is 0 Å². The van der Waals surface area contributed by atoms with Crippen molar-refractivity contribution in [2.24, 2.45) is 0 Å². The molecule has 1 aromatic heterocycles. The summed E-state index contributed by atoms with van der Waals surface area (Å²) >= 11 is 5.81. The zero-order valence-corrected chi connectivity index (χ0v) is 16.8. The molecule has 0 bridgehead atoms. The van der Waals surface area contributed by atoms with E-state index < -0.39 is 24.0 Å². The fourth-order valence-electron chi connectivity index (χ4n) is 2.52. The van der Waals surface area contributed by atoms with Crippen LogP contribution in [0, 0.1) is 0 Å². The first-order chi connectivity index (χ1) is 14.5. The second-order valence-electron chi connectivity index (χ2n) is 6.01. The van der Waals surface area contributed by atoms with Gasteiger partial charge >= 0.3 is 5.97 Å². The van der Waals surface area contributed by atoms with Gasteiger partial charge in [0.2, 0.25) is 5.69 Å². The molecule has 1 N–H and O–H groups in total. The van der Waals surface area contributed by atoms with Gasteiger partial charge in [0.05, 0.1) is 18.4 Å². The molecule has 1 amide bonds. The highest BCUT2D eigenvalue weighted by molar-refractivity contribution is 6.30. The third-order valence-corrected chi connectivity index (χ3v) is 4.10. The van der Waals surface area contributed by atoms with Crippen molar-refractivity contribution in [3.8, 4) is 11.4 Å². The molecule has 0 aliphatic carbocycles. The van der Waals surface area contributed by atoms with Crippen molar-refractivity contribution >= 4 is 29.2 Å². The Bertz CT molecular complexity index is 1100. The summed E-state index contributed by atoms with van der Waals surface area (Å²) in [5.74, 6) is -1.40. The van der Waals surface area contributed by atoms with E-state index in [0.29, 0.717) is 16.4 Å². The smallest absolute Gasteiger partial charge is 0.362 e. The molecule has 154 valence electrons. The predicted octanol–water partition coefficient (Wildman–Crippen LogP) is 3.08. The first-order valence-corrected chi connectivity index (χ1v) is 9.41. The number of rotatable bonds is 7.